The van der Waals surface area contributed by atoms with Crippen LogP contribution in [0.3, 0.4) is 0 Å². The Labute approximate surface area is 247 Å². The molecule has 0 radical (unpaired) electrons. The third-order valence-corrected chi connectivity index (χ3v) is 9.02. The van der Waals surface area contributed by atoms with E-state index in [-0.39, 0.29) is 12.5 Å². The van der Waals surface area contributed by atoms with Gasteiger partial charge >= 0.3 is 0 Å². The van der Waals surface area contributed by atoms with Gasteiger partial charge in [0.25, 0.3) is 11.7 Å². The van der Waals surface area contributed by atoms with Crippen LogP contribution in [0, 0.1) is 0 Å². The Balaban J connectivity index is 1.15. The van der Waals surface area contributed by atoms with Crippen LogP contribution in [-0.2, 0) is 27.2 Å². The number of ether oxygens (including phenoxy) is 1. The number of imidazole rings is 1. The summed E-state index contributed by atoms with van der Waals surface area (Å²) in [4.78, 5) is 12.9. The third-order valence-electron chi connectivity index (χ3n) is 6.34. The first-order valence-corrected chi connectivity index (χ1v) is 16.1. The molecule has 7 nitrogen and oxygen atoms in total. The minimum Gasteiger partial charge on any atom is -0.456 e. The van der Waals surface area contributed by atoms with Crippen molar-refractivity contribution in [2.75, 3.05) is 11.9 Å². The molecule has 0 aliphatic carbocycles. The topological polar surface area (TPSA) is 76.2 Å². The lowest BCUT2D eigenvalue weighted by atomic mass is 10.2. The quantitative estimate of drug-likeness (QED) is 0.0784. The molecule has 5 rings (SSSR count). The minimum absolute atomic E-state index is 0.105. The number of thioether (sulfide) groups is 1. The molecule has 0 bridgehead atoms. The fourth-order valence-electron chi connectivity index (χ4n) is 4.39. The van der Waals surface area contributed by atoms with E-state index in [1.807, 2.05) is 77.8 Å². The Hall–Kier alpha value is -3.98. The maximum absolute atomic E-state index is 13.9. The van der Waals surface area contributed by atoms with Crippen LogP contribution in [0.15, 0.2) is 120 Å². The second kappa shape index (κ2) is 13.8. The average Bonchev–Trinajstić information content (AvgIpc) is 3.43. The van der Waals surface area contributed by atoms with Gasteiger partial charge in [0.1, 0.15) is 23.9 Å². The zero-order valence-electron chi connectivity index (χ0n) is 22.6. The molecule has 216 valence electrons. The Bertz CT molecular complexity index is 1550. The molecule has 0 saturated heterocycles. The molecule has 2 heterocycles. The molecule has 3 aromatic carbocycles. The van der Waals surface area contributed by atoms with Gasteiger partial charge in [0.15, 0.2) is 13.8 Å². The molecule has 1 aliphatic rings. The first-order valence-electron chi connectivity index (χ1n) is 13.3. The van der Waals surface area contributed by atoms with Crippen molar-refractivity contribution in [1.29, 1.82) is 0 Å². The van der Waals surface area contributed by atoms with E-state index in [1.165, 1.54) is 0 Å². The summed E-state index contributed by atoms with van der Waals surface area (Å²) in [6.45, 7) is 1.27. The van der Waals surface area contributed by atoms with Gasteiger partial charge in [0.05, 0.1) is 6.54 Å². The van der Waals surface area contributed by atoms with Crippen LogP contribution >= 0.6 is 19.1 Å². The van der Waals surface area contributed by atoms with Crippen molar-refractivity contribution >= 4 is 42.2 Å². The lowest BCUT2D eigenvalue weighted by molar-refractivity contribution is -0.683. The normalized spacial score (nSPS) is 14.2. The predicted octanol–water partition coefficient (Wildman–Crippen LogP) is 7.01. The number of nitrogens with one attached hydrogen (secondary N) is 2. The monoisotopic (exact) mass is 607 g/mol. The highest BCUT2D eigenvalue weighted by Crippen LogP contribution is 2.53. The minimum atomic E-state index is -3.04. The van der Waals surface area contributed by atoms with Crippen molar-refractivity contribution in [3.63, 3.8) is 0 Å². The molecule has 0 atom stereocenters. The summed E-state index contributed by atoms with van der Waals surface area (Å²) in [5, 5.41) is 6.02. The van der Waals surface area contributed by atoms with Crippen molar-refractivity contribution in [3.8, 4) is 0 Å². The molecular weight excluding hydrogens is 577 g/mol. The number of halogens is 2. The van der Waals surface area contributed by atoms with Crippen LogP contribution in [0.4, 0.5) is 14.5 Å². The van der Waals surface area contributed by atoms with E-state index >= 15 is 0 Å². The van der Waals surface area contributed by atoms with Gasteiger partial charge < -0.3 is 10.1 Å². The second-order valence-electron chi connectivity index (χ2n) is 9.57. The van der Waals surface area contributed by atoms with Gasteiger partial charge in [-0.2, -0.15) is 8.78 Å². The van der Waals surface area contributed by atoms with E-state index in [1.54, 1.807) is 46.7 Å². The molecule has 4 aromatic rings. The molecule has 1 aliphatic heterocycles. The summed E-state index contributed by atoms with van der Waals surface area (Å²) in [6.07, 6.45) is 6.22. The fraction of sp³-hybridized carbons (Fsp3) is 0.161. The molecule has 0 spiro atoms. The van der Waals surface area contributed by atoms with Crippen LogP contribution in [0.2, 0.25) is 0 Å². The van der Waals surface area contributed by atoms with E-state index in [2.05, 4.69) is 10.4 Å². The molecule has 0 unspecified atom stereocenters. The van der Waals surface area contributed by atoms with E-state index < -0.39 is 13.1 Å². The third kappa shape index (κ3) is 8.28. The summed E-state index contributed by atoms with van der Waals surface area (Å²) in [6, 6.07) is 25.5. The van der Waals surface area contributed by atoms with Crippen LogP contribution in [0.25, 0.3) is 11.5 Å². The SMILES string of the molecule is O=C(C[n+]1ccn(CCCNP2(=O)C=C(c3ccccc3)OC(c3ccccc3)=C2)c1)Nc1ccc(SC(F)F)cc1. The Morgan fingerprint density at radius 2 is 1.55 bits per heavy atom. The largest absolute Gasteiger partial charge is 0.456 e. The number of hydrogen-bond acceptors (Lipinski definition) is 4. The number of hydrogen-bond donors (Lipinski definition) is 2. The summed E-state index contributed by atoms with van der Waals surface area (Å²) >= 11 is 0.461. The van der Waals surface area contributed by atoms with Crippen molar-refractivity contribution in [2.24, 2.45) is 0 Å². The number of aromatic nitrogens is 2. The summed E-state index contributed by atoms with van der Waals surface area (Å²) < 4.78 is 48.8. The number of alkyl halides is 2. The van der Waals surface area contributed by atoms with E-state index in [0.717, 1.165) is 11.1 Å². The van der Waals surface area contributed by atoms with Gasteiger partial charge in [-0.15, -0.1) is 0 Å². The highest BCUT2D eigenvalue weighted by atomic mass is 32.2. The number of amides is 1. The number of carbonyl (C=O) groups excluding carboxylic acids is 1. The van der Waals surface area contributed by atoms with Crippen molar-refractivity contribution in [2.45, 2.75) is 30.2 Å². The van der Waals surface area contributed by atoms with Gasteiger partial charge in [-0.25, -0.2) is 9.13 Å². The zero-order chi connectivity index (χ0) is 29.4. The smallest absolute Gasteiger partial charge is 0.288 e. The summed E-state index contributed by atoms with van der Waals surface area (Å²) in [5.41, 5.74) is 2.25. The van der Waals surface area contributed by atoms with E-state index in [0.29, 0.717) is 53.4 Å². The van der Waals surface area contributed by atoms with Gasteiger partial charge in [0.2, 0.25) is 6.33 Å². The maximum Gasteiger partial charge on any atom is 0.288 e. The number of benzene rings is 3. The Morgan fingerprint density at radius 1 is 0.929 bits per heavy atom. The molecule has 1 amide bonds. The van der Waals surface area contributed by atoms with Crippen molar-refractivity contribution < 1.29 is 27.4 Å². The molecule has 0 fully saturated rings. The number of carbonyl (C=O) groups is 1. The molecule has 1 aromatic heterocycles. The molecule has 11 heteroatoms. The van der Waals surface area contributed by atoms with Gasteiger partial charge in [-0.05, 0) is 30.7 Å². The Kier molecular flexibility index (Phi) is 9.69. The number of rotatable bonds is 12. The van der Waals surface area contributed by atoms with Gasteiger partial charge in [-0.3, -0.25) is 14.4 Å². The Morgan fingerprint density at radius 3 is 2.14 bits per heavy atom. The maximum atomic E-state index is 13.9. The first-order chi connectivity index (χ1) is 20.3. The molecule has 0 saturated carbocycles. The summed E-state index contributed by atoms with van der Waals surface area (Å²) in [5.74, 6) is 1.76. The van der Waals surface area contributed by atoms with Crippen LogP contribution < -0.4 is 15.0 Å². The molecule has 2 N–H and O–H groups in total. The van der Waals surface area contributed by atoms with Crippen LogP contribution in [-0.4, -0.2) is 22.8 Å². The highest BCUT2D eigenvalue weighted by molar-refractivity contribution is 7.99. The molecular formula is C31H30F2N4O3PS+. The van der Waals surface area contributed by atoms with Crippen molar-refractivity contribution in [3.05, 3.63) is 126 Å². The number of nitrogens with zero attached hydrogens (tertiary/aromatic N) is 2. The highest BCUT2D eigenvalue weighted by Gasteiger charge is 2.26. The standard InChI is InChI=1S/C31H29F2N4O3PS/c32-31(33)42-27-14-12-26(13-15-27)35-30(38)20-37-19-18-36(23-37)17-7-16-34-41(39)21-28(24-8-3-1-4-9-24)40-29(22-41)25-10-5-2-6-11-25/h1-6,8-15,18-19,21-23,31H,7,16-17,20H2,(H-,34,35,38,39)/p+1. The lowest BCUT2D eigenvalue weighted by Gasteiger charge is -2.23. The van der Waals surface area contributed by atoms with Crippen LogP contribution in [0.1, 0.15) is 17.5 Å². The van der Waals surface area contributed by atoms with Gasteiger partial charge in [0, 0.05) is 39.9 Å². The molecule has 42 heavy (non-hydrogen) atoms. The fourth-order valence-corrected chi connectivity index (χ4v) is 6.75. The van der Waals surface area contributed by atoms with Crippen LogP contribution in [0.5, 0.6) is 0 Å². The van der Waals surface area contributed by atoms with Gasteiger partial charge in [-0.1, -0.05) is 72.4 Å². The van der Waals surface area contributed by atoms with E-state index in [9.17, 15) is 18.1 Å². The number of aryl methyl sites for hydroxylation is 1. The van der Waals surface area contributed by atoms with E-state index in [4.69, 9.17) is 4.74 Å². The van der Waals surface area contributed by atoms with Crippen molar-refractivity contribution in [1.82, 2.24) is 9.65 Å². The zero-order valence-corrected chi connectivity index (χ0v) is 24.3. The summed E-state index contributed by atoms with van der Waals surface area (Å²) in [7, 11) is -3.04. The first kappa shape index (κ1) is 29.5. The number of anilines is 1. The average molecular weight is 608 g/mol. The second-order valence-corrected chi connectivity index (χ2v) is 12.9. The lowest BCUT2D eigenvalue weighted by Crippen LogP contribution is -2.38. The predicted molar refractivity (Wildman–Crippen MR) is 162 cm³/mol.